The Morgan fingerprint density at radius 3 is 2.47 bits per heavy atom. The third-order valence-corrected chi connectivity index (χ3v) is 3.38. The van der Waals surface area contributed by atoms with Crippen LogP contribution >= 0.6 is 43.5 Å². The summed E-state index contributed by atoms with van der Waals surface area (Å²) in [6.07, 6.45) is -2.18. The molecule has 0 bridgehead atoms. The standard InChI is InChI=1S/C9H9Br2ClO3/c10-3-7(13)9(15)5-1-4(12)2-6(11)8(5)14/h1-2,7,9,13-15H,3H2. The van der Waals surface area contributed by atoms with Gasteiger partial charge in [-0.15, -0.1) is 0 Å². The maximum Gasteiger partial charge on any atom is 0.135 e. The molecule has 3 N–H and O–H groups in total. The molecule has 84 valence electrons. The molecule has 1 rings (SSSR count). The Labute approximate surface area is 109 Å². The minimum Gasteiger partial charge on any atom is -0.506 e. The van der Waals surface area contributed by atoms with Crippen molar-refractivity contribution in [2.24, 2.45) is 0 Å². The molecule has 0 spiro atoms. The van der Waals surface area contributed by atoms with E-state index in [1.54, 1.807) is 0 Å². The van der Waals surface area contributed by atoms with E-state index in [1.807, 2.05) is 0 Å². The van der Waals surface area contributed by atoms with Crippen molar-refractivity contribution in [2.75, 3.05) is 5.33 Å². The molecule has 0 aliphatic heterocycles. The van der Waals surface area contributed by atoms with E-state index >= 15 is 0 Å². The summed E-state index contributed by atoms with van der Waals surface area (Å²) in [5.74, 6) is -0.119. The molecule has 2 unspecified atom stereocenters. The first-order chi connectivity index (χ1) is 6.97. The van der Waals surface area contributed by atoms with Crippen LogP contribution in [0.1, 0.15) is 11.7 Å². The summed E-state index contributed by atoms with van der Waals surface area (Å²) in [6.45, 7) is 0. The number of benzene rings is 1. The molecule has 0 amide bonds. The van der Waals surface area contributed by atoms with E-state index in [0.29, 0.717) is 9.50 Å². The second-order valence-corrected chi connectivity index (χ2v) is 4.93. The number of phenols is 1. The fourth-order valence-electron chi connectivity index (χ4n) is 1.10. The highest BCUT2D eigenvalue weighted by atomic mass is 79.9. The van der Waals surface area contributed by atoms with Gasteiger partial charge < -0.3 is 15.3 Å². The minimum atomic E-state index is -1.18. The summed E-state index contributed by atoms with van der Waals surface area (Å²) in [5.41, 5.74) is 0.196. The van der Waals surface area contributed by atoms with E-state index in [9.17, 15) is 15.3 Å². The minimum absolute atomic E-state index is 0.119. The lowest BCUT2D eigenvalue weighted by molar-refractivity contribution is 0.0327. The van der Waals surface area contributed by atoms with Crippen molar-refractivity contribution < 1.29 is 15.3 Å². The van der Waals surface area contributed by atoms with Crippen molar-refractivity contribution in [3.63, 3.8) is 0 Å². The molecule has 1 aromatic rings. The van der Waals surface area contributed by atoms with E-state index < -0.39 is 12.2 Å². The molecule has 0 aliphatic rings. The zero-order chi connectivity index (χ0) is 11.6. The smallest absolute Gasteiger partial charge is 0.135 e. The lowest BCUT2D eigenvalue weighted by Gasteiger charge is -2.17. The van der Waals surface area contributed by atoms with Crippen LogP contribution in [0.2, 0.25) is 5.02 Å². The zero-order valence-electron chi connectivity index (χ0n) is 7.49. The molecule has 0 saturated heterocycles. The van der Waals surface area contributed by atoms with Crippen molar-refractivity contribution in [1.29, 1.82) is 0 Å². The van der Waals surface area contributed by atoms with Gasteiger partial charge in [-0.2, -0.15) is 0 Å². The van der Waals surface area contributed by atoms with Crippen molar-refractivity contribution in [2.45, 2.75) is 12.2 Å². The van der Waals surface area contributed by atoms with Crippen molar-refractivity contribution in [1.82, 2.24) is 0 Å². The number of halogens is 3. The van der Waals surface area contributed by atoms with Crippen LogP contribution in [0.25, 0.3) is 0 Å². The van der Waals surface area contributed by atoms with Crippen LogP contribution in [0.3, 0.4) is 0 Å². The molecular formula is C9H9Br2ClO3. The van der Waals surface area contributed by atoms with Crippen LogP contribution in [-0.4, -0.2) is 26.8 Å². The van der Waals surface area contributed by atoms with Crippen molar-refractivity contribution in [3.8, 4) is 5.75 Å². The zero-order valence-corrected chi connectivity index (χ0v) is 11.4. The molecule has 6 heteroatoms. The van der Waals surface area contributed by atoms with Gasteiger partial charge in [0.1, 0.15) is 11.9 Å². The van der Waals surface area contributed by atoms with Gasteiger partial charge in [-0.05, 0) is 28.1 Å². The number of hydrogen-bond acceptors (Lipinski definition) is 3. The SMILES string of the molecule is Oc1c(Br)cc(Cl)cc1C(O)C(O)CBr. The van der Waals surface area contributed by atoms with Crippen LogP contribution in [0, 0.1) is 0 Å². The molecule has 0 aromatic heterocycles. The first-order valence-corrected chi connectivity index (χ1v) is 6.36. The second-order valence-electron chi connectivity index (χ2n) is 2.99. The Kier molecular flexibility index (Phi) is 4.86. The van der Waals surface area contributed by atoms with Crippen LogP contribution in [0.4, 0.5) is 0 Å². The molecule has 15 heavy (non-hydrogen) atoms. The molecule has 2 atom stereocenters. The van der Waals surface area contributed by atoms with E-state index in [2.05, 4.69) is 31.9 Å². The Morgan fingerprint density at radius 1 is 1.33 bits per heavy atom. The summed E-state index contributed by atoms with van der Waals surface area (Å²) >= 11 is 11.9. The largest absolute Gasteiger partial charge is 0.506 e. The number of alkyl halides is 1. The highest BCUT2D eigenvalue weighted by Crippen LogP contribution is 2.36. The number of aliphatic hydroxyl groups is 2. The third kappa shape index (κ3) is 3.07. The lowest BCUT2D eigenvalue weighted by Crippen LogP contribution is -2.19. The maximum atomic E-state index is 9.70. The summed E-state index contributed by atoms with van der Waals surface area (Å²) in [6, 6.07) is 2.92. The Hall–Kier alpha value is 0.190. The van der Waals surface area contributed by atoms with Crippen LogP contribution < -0.4 is 0 Å². The number of hydrogen-bond donors (Lipinski definition) is 3. The van der Waals surface area contributed by atoms with Gasteiger partial charge in [-0.25, -0.2) is 0 Å². The van der Waals surface area contributed by atoms with Crippen molar-refractivity contribution >= 4 is 43.5 Å². The molecule has 0 aliphatic carbocycles. The third-order valence-electron chi connectivity index (χ3n) is 1.90. The highest BCUT2D eigenvalue weighted by Gasteiger charge is 2.22. The Bertz CT molecular complexity index is 359. The van der Waals surface area contributed by atoms with Gasteiger partial charge in [0, 0.05) is 15.9 Å². The fourth-order valence-corrected chi connectivity index (χ4v) is 2.29. The molecule has 1 aromatic carbocycles. The topological polar surface area (TPSA) is 60.7 Å². The number of phenolic OH excluding ortho intramolecular Hbond substituents is 1. The number of rotatable bonds is 3. The van der Waals surface area contributed by atoms with Gasteiger partial charge in [0.2, 0.25) is 0 Å². The first kappa shape index (κ1) is 13.3. The van der Waals surface area contributed by atoms with Gasteiger partial charge in [0.15, 0.2) is 0 Å². The molecule has 3 nitrogen and oxygen atoms in total. The predicted octanol–water partition coefficient (Wildman–Crippen LogP) is 2.60. The summed E-state index contributed by atoms with van der Waals surface area (Å²) in [7, 11) is 0. The molecule has 0 saturated carbocycles. The van der Waals surface area contributed by atoms with Gasteiger partial charge >= 0.3 is 0 Å². The van der Waals surface area contributed by atoms with Gasteiger partial charge in [0.25, 0.3) is 0 Å². The van der Waals surface area contributed by atoms with Gasteiger partial charge in [0.05, 0.1) is 10.6 Å². The first-order valence-electron chi connectivity index (χ1n) is 4.07. The number of aromatic hydroxyl groups is 1. The fraction of sp³-hybridized carbons (Fsp3) is 0.333. The van der Waals surface area contributed by atoms with E-state index in [0.717, 1.165) is 0 Å². The second kappa shape index (κ2) is 5.50. The summed E-state index contributed by atoms with van der Waals surface area (Å²) in [4.78, 5) is 0. The Morgan fingerprint density at radius 2 is 1.93 bits per heavy atom. The number of aliphatic hydroxyl groups excluding tert-OH is 2. The predicted molar refractivity (Wildman–Crippen MR) is 65.6 cm³/mol. The quantitative estimate of drug-likeness (QED) is 0.726. The monoisotopic (exact) mass is 358 g/mol. The van der Waals surface area contributed by atoms with E-state index in [-0.39, 0.29) is 16.6 Å². The lowest BCUT2D eigenvalue weighted by atomic mass is 10.0. The van der Waals surface area contributed by atoms with E-state index in [1.165, 1.54) is 12.1 Å². The highest BCUT2D eigenvalue weighted by molar-refractivity contribution is 9.10. The average Bonchev–Trinajstić information content (AvgIpc) is 2.21. The van der Waals surface area contributed by atoms with E-state index in [4.69, 9.17) is 11.6 Å². The van der Waals surface area contributed by atoms with Gasteiger partial charge in [-0.1, -0.05) is 27.5 Å². The summed E-state index contributed by atoms with van der Waals surface area (Å²) in [5, 5.41) is 29.3. The maximum absolute atomic E-state index is 9.70. The van der Waals surface area contributed by atoms with Crippen molar-refractivity contribution in [3.05, 3.63) is 27.2 Å². The Balaban J connectivity index is 3.13. The van der Waals surface area contributed by atoms with Crippen LogP contribution in [0.15, 0.2) is 16.6 Å². The molecular weight excluding hydrogens is 351 g/mol. The van der Waals surface area contributed by atoms with Gasteiger partial charge in [-0.3, -0.25) is 0 Å². The van der Waals surface area contributed by atoms with Crippen LogP contribution in [0.5, 0.6) is 5.75 Å². The average molecular weight is 360 g/mol. The molecule has 0 fully saturated rings. The van der Waals surface area contributed by atoms with Crippen LogP contribution in [-0.2, 0) is 0 Å². The molecule has 0 radical (unpaired) electrons. The normalized spacial score (nSPS) is 15.0. The molecule has 0 heterocycles. The summed E-state index contributed by atoms with van der Waals surface area (Å²) < 4.78 is 0.380.